The minimum Gasteiger partial charge on any atom is -0.461 e. The van der Waals surface area contributed by atoms with E-state index in [-0.39, 0.29) is 11.7 Å². The third-order valence-corrected chi connectivity index (χ3v) is 5.82. The second-order valence-electron chi connectivity index (χ2n) is 6.92. The van der Waals surface area contributed by atoms with Crippen LogP contribution in [0.3, 0.4) is 0 Å². The van der Waals surface area contributed by atoms with Crippen molar-refractivity contribution in [3.8, 4) is 11.6 Å². The summed E-state index contributed by atoms with van der Waals surface area (Å²) >= 11 is 1.34. The maximum absolute atomic E-state index is 12.3. The second-order valence-corrected chi connectivity index (χ2v) is 7.86. The van der Waals surface area contributed by atoms with Crippen LogP contribution in [0.1, 0.15) is 5.56 Å². The number of benzene rings is 1. The lowest BCUT2D eigenvalue weighted by Gasteiger charge is -2.23. The van der Waals surface area contributed by atoms with Crippen LogP contribution in [0.5, 0.6) is 0 Å². The fraction of sp³-hybridized carbons (Fsp3) is 0.350. The Balaban J connectivity index is 1.27. The first kappa shape index (κ1) is 19.7. The van der Waals surface area contributed by atoms with Gasteiger partial charge in [0.2, 0.25) is 5.91 Å². The zero-order valence-electron chi connectivity index (χ0n) is 16.3. The lowest BCUT2D eigenvalue weighted by Crippen LogP contribution is -3.12. The number of hydrogen-bond acceptors (Lipinski definition) is 6. The summed E-state index contributed by atoms with van der Waals surface area (Å²) in [6, 6.07) is 11.7. The number of carbonyl (C=O) groups is 1. The average molecular weight is 415 g/mol. The van der Waals surface area contributed by atoms with Gasteiger partial charge in [-0.1, -0.05) is 23.9 Å². The van der Waals surface area contributed by atoms with Crippen molar-refractivity contribution in [1.29, 1.82) is 0 Å². The molecule has 1 aliphatic rings. The molecule has 8 nitrogen and oxygen atoms in total. The molecule has 0 unspecified atom stereocenters. The van der Waals surface area contributed by atoms with E-state index in [4.69, 9.17) is 9.15 Å². The molecule has 1 aliphatic heterocycles. The number of carbonyl (C=O) groups excluding carboxylic acids is 1. The van der Waals surface area contributed by atoms with Crippen molar-refractivity contribution in [2.24, 2.45) is 7.05 Å². The smallest absolute Gasteiger partial charge is 0.234 e. The van der Waals surface area contributed by atoms with Gasteiger partial charge in [-0.05, 0) is 24.3 Å². The monoisotopic (exact) mass is 414 g/mol. The Bertz CT molecular complexity index is 934. The number of hydrogen-bond donors (Lipinski definition) is 2. The lowest BCUT2D eigenvalue weighted by atomic mass is 10.2. The highest BCUT2D eigenvalue weighted by molar-refractivity contribution is 7.99. The molecule has 0 saturated carbocycles. The Morgan fingerprint density at radius 3 is 2.72 bits per heavy atom. The number of morpholine rings is 1. The molecule has 1 amide bonds. The Kier molecular flexibility index (Phi) is 6.28. The molecule has 0 bridgehead atoms. The average Bonchev–Trinajstić information content (AvgIpc) is 3.38. The van der Waals surface area contributed by atoms with Crippen molar-refractivity contribution in [3.05, 3.63) is 48.2 Å². The number of anilines is 1. The van der Waals surface area contributed by atoms with Crippen molar-refractivity contribution >= 4 is 23.4 Å². The van der Waals surface area contributed by atoms with Gasteiger partial charge in [-0.15, -0.1) is 10.2 Å². The van der Waals surface area contributed by atoms with Gasteiger partial charge in [0.25, 0.3) is 0 Å². The van der Waals surface area contributed by atoms with Crippen molar-refractivity contribution in [1.82, 2.24) is 14.8 Å². The van der Waals surface area contributed by atoms with Crippen LogP contribution < -0.4 is 10.2 Å². The van der Waals surface area contributed by atoms with Crippen LogP contribution in [-0.2, 0) is 23.1 Å². The fourth-order valence-corrected chi connectivity index (χ4v) is 3.93. The highest BCUT2D eigenvalue weighted by Gasteiger charge is 2.16. The third-order valence-electron chi connectivity index (χ3n) is 4.80. The van der Waals surface area contributed by atoms with Crippen molar-refractivity contribution in [2.45, 2.75) is 11.7 Å². The number of aromatic nitrogens is 3. The molecule has 3 heterocycles. The Morgan fingerprint density at radius 2 is 2.00 bits per heavy atom. The molecule has 0 atom stereocenters. The highest BCUT2D eigenvalue weighted by Crippen LogP contribution is 2.23. The van der Waals surface area contributed by atoms with E-state index < -0.39 is 0 Å². The van der Waals surface area contributed by atoms with E-state index in [1.807, 2.05) is 29.8 Å². The lowest BCUT2D eigenvalue weighted by molar-refractivity contribution is -0.921. The Labute approximate surface area is 173 Å². The Morgan fingerprint density at radius 1 is 1.21 bits per heavy atom. The van der Waals surface area contributed by atoms with E-state index in [0.717, 1.165) is 38.5 Å². The van der Waals surface area contributed by atoms with Gasteiger partial charge in [-0.25, -0.2) is 0 Å². The molecule has 2 aromatic heterocycles. The third kappa shape index (κ3) is 5.06. The summed E-state index contributed by atoms with van der Waals surface area (Å²) in [6.07, 6.45) is 1.60. The van der Waals surface area contributed by atoms with E-state index in [2.05, 4.69) is 27.6 Å². The van der Waals surface area contributed by atoms with Gasteiger partial charge in [0, 0.05) is 18.3 Å². The van der Waals surface area contributed by atoms with Gasteiger partial charge in [0.1, 0.15) is 19.6 Å². The van der Waals surface area contributed by atoms with Crippen molar-refractivity contribution in [2.75, 3.05) is 37.4 Å². The van der Waals surface area contributed by atoms with Crippen LogP contribution in [0.25, 0.3) is 11.6 Å². The molecule has 1 fully saturated rings. The standard InChI is InChI=1S/C20H23N5O3S/c1-24-19(17-3-2-10-28-17)22-23-20(24)29-14-18(26)21-16-6-4-15(5-7-16)13-25-8-11-27-12-9-25/h2-7,10H,8-9,11-14H2,1H3,(H,21,26)/p+1. The summed E-state index contributed by atoms with van der Waals surface area (Å²) in [4.78, 5) is 13.8. The molecule has 1 aromatic carbocycles. The predicted octanol–water partition coefficient (Wildman–Crippen LogP) is 1.22. The van der Waals surface area contributed by atoms with E-state index in [0.29, 0.717) is 16.7 Å². The molecule has 152 valence electrons. The van der Waals surface area contributed by atoms with Gasteiger partial charge in [0.15, 0.2) is 16.7 Å². The summed E-state index contributed by atoms with van der Waals surface area (Å²) in [5.74, 6) is 1.46. The number of amides is 1. The summed E-state index contributed by atoms with van der Waals surface area (Å²) in [5.41, 5.74) is 2.06. The second kappa shape index (κ2) is 9.25. The molecule has 0 aliphatic carbocycles. The summed E-state index contributed by atoms with van der Waals surface area (Å²) < 4.78 is 12.6. The van der Waals surface area contributed by atoms with E-state index in [1.165, 1.54) is 22.2 Å². The van der Waals surface area contributed by atoms with Crippen molar-refractivity contribution in [3.63, 3.8) is 0 Å². The van der Waals surface area contributed by atoms with Crippen LogP contribution in [0, 0.1) is 0 Å². The van der Waals surface area contributed by atoms with Crippen molar-refractivity contribution < 1.29 is 18.8 Å². The largest absolute Gasteiger partial charge is 0.461 e. The quantitative estimate of drug-likeness (QED) is 0.566. The van der Waals surface area contributed by atoms with Crippen LogP contribution >= 0.6 is 11.8 Å². The van der Waals surface area contributed by atoms with E-state index in [9.17, 15) is 4.79 Å². The number of ether oxygens (including phenoxy) is 1. The SMILES string of the molecule is Cn1c(SCC(=O)Nc2ccc(C[NH+]3CCOCC3)cc2)nnc1-c1ccco1. The molecule has 29 heavy (non-hydrogen) atoms. The molecule has 4 rings (SSSR count). The molecule has 0 radical (unpaired) electrons. The van der Waals surface area contributed by atoms with Crippen LogP contribution in [0.2, 0.25) is 0 Å². The molecule has 2 N–H and O–H groups in total. The number of nitrogens with one attached hydrogen (secondary N) is 2. The molecule has 3 aromatic rings. The van der Waals surface area contributed by atoms with Gasteiger partial charge in [-0.2, -0.15) is 0 Å². The molecular weight excluding hydrogens is 390 g/mol. The number of nitrogens with zero attached hydrogens (tertiary/aromatic N) is 3. The maximum Gasteiger partial charge on any atom is 0.234 e. The number of rotatable bonds is 7. The molecule has 1 saturated heterocycles. The minimum absolute atomic E-state index is 0.0795. The van der Waals surface area contributed by atoms with Gasteiger partial charge < -0.3 is 23.9 Å². The first-order chi connectivity index (χ1) is 14.2. The maximum atomic E-state index is 12.3. The van der Waals surface area contributed by atoms with Crippen LogP contribution in [0.15, 0.2) is 52.2 Å². The molecule has 0 spiro atoms. The number of furan rings is 1. The van der Waals surface area contributed by atoms with E-state index in [1.54, 1.807) is 12.3 Å². The van der Waals surface area contributed by atoms with E-state index >= 15 is 0 Å². The summed E-state index contributed by atoms with van der Waals surface area (Å²) in [6.45, 7) is 4.72. The fourth-order valence-electron chi connectivity index (χ4n) is 3.22. The number of thioether (sulfide) groups is 1. The zero-order chi connectivity index (χ0) is 20.1. The molecular formula is C20H24N5O3S+. The van der Waals surface area contributed by atoms with Gasteiger partial charge in [0.05, 0.1) is 25.2 Å². The predicted molar refractivity (Wildman–Crippen MR) is 110 cm³/mol. The summed E-state index contributed by atoms with van der Waals surface area (Å²) in [5, 5.41) is 11.9. The zero-order valence-corrected chi connectivity index (χ0v) is 17.1. The van der Waals surface area contributed by atoms with Gasteiger partial charge >= 0.3 is 0 Å². The topological polar surface area (TPSA) is 86.6 Å². The van der Waals surface area contributed by atoms with Gasteiger partial charge in [-0.3, -0.25) is 4.79 Å². The summed E-state index contributed by atoms with van der Waals surface area (Å²) in [7, 11) is 1.85. The normalized spacial score (nSPS) is 14.8. The Hall–Kier alpha value is -2.62. The minimum atomic E-state index is -0.0795. The van der Waals surface area contributed by atoms with Crippen LogP contribution in [0.4, 0.5) is 5.69 Å². The number of quaternary nitrogens is 1. The molecule has 9 heteroatoms. The first-order valence-corrected chi connectivity index (χ1v) is 10.5. The highest BCUT2D eigenvalue weighted by atomic mass is 32.2. The van der Waals surface area contributed by atoms with Crippen LogP contribution in [-0.4, -0.2) is 52.7 Å². The first-order valence-electron chi connectivity index (χ1n) is 9.55.